The van der Waals surface area contributed by atoms with E-state index in [2.05, 4.69) is 162 Å². The van der Waals surface area contributed by atoms with Gasteiger partial charge in [0.2, 0.25) is 0 Å². The molecule has 4 heteroatoms. The highest BCUT2D eigenvalue weighted by Gasteiger charge is 2.44. The number of anilines is 2. The molecule has 7 aromatic carbocycles. The number of hydrogen-bond acceptors (Lipinski definition) is 2. The maximum absolute atomic E-state index is 2.62. The first-order chi connectivity index (χ1) is 23.2. The van der Waals surface area contributed by atoms with Crippen LogP contribution in [0.3, 0.4) is 0 Å². The predicted molar refractivity (Wildman–Crippen MR) is 203 cm³/mol. The standard InChI is InChI=1S/C43H27BN2S/c1-26-22-35-34-24-29-12-5-6-13-30(29)25-37(34)46(31-20-18-28(19-21-31)27-10-3-2-4-11-27)44-36-16-9-15-33-41(36)45(38(23-26)40(35)44)42-32-14-7-8-17-39(32)47-43(33)42/h2-25H,1H3. The fraction of sp³-hybridized carbons (Fsp3) is 0.0233. The Kier molecular flexibility index (Phi) is 5.04. The van der Waals surface area contributed by atoms with Crippen molar-refractivity contribution in [1.82, 2.24) is 4.57 Å². The van der Waals surface area contributed by atoms with Gasteiger partial charge in [-0.05, 0) is 87.3 Å². The average molecular weight is 615 g/mol. The molecule has 0 unspecified atom stereocenters. The summed E-state index contributed by atoms with van der Waals surface area (Å²) in [5, 5.41) is 5.21. The molecule has 2 aliphatic rings. The molecule has 11 rings (SSSR count). The number of nitrogens with zero attached hydrogens (tertiary/aromatic N) is 2. The summed E-state index contributed by atoms with van der Waals surface area (Å²) >= 11 is 1.92. The van der Waals surface area contributed by atoms with Crippen LogP contribution in [0, 0.1) is 6.92 Å². The van der Waals surface area contributed by atoms with Crippen molar-refractivity contribution < 1.29 is 0 Å². The van der Waals surface area contributed by atoms with Crippen molar-refractivity contribution in [2.24, 2.45) is 0 Å². The number of aryl methyl sites for hydroxylation is 1. The average Bonchev–Trinajstić information content (AvgIpc) is 3.66. The zero-order valence-electron chi connectivity index (χ0n) is 25.7. The van der Waals surface area contributed by atoms with Crippen LogP contribution in [0.1, 0.15) is 5.56 Å². The van der Waals surface area contributed by atoms with E-state index in [1.54, 1.807) is 0 Å². The van der Waals surface area contributed by atoms with E-state index in [0.717, 1.165) is 0 Å². The van der Waals surface area contributed by atoms with E-state index in [1.165, 1.54) is 97.8 Å². The van der Waals surface area contributed by atoms with E-state index in [-0.39, 0.29) is 6.85 Å². The summed E-state index contributed by atoms with van der Waals surface area (Å²) in [4.78, 5) is 2.62. The summed E-state index contributed by atoms with van der Waals surface area (Å²) in [6, 6.07) is 54.2. The van der Waals surface area contributed by atoms with Crippen LogP contribution in [0.4, 0.5) is 11.4 Å². The maximum Gasteiger partial charge on any atom is 0.333 e. The minimum Gasteiger partial charge on any atom is -0.376 e. The summed E-state index contributed by atoms with van der Waals surface area (Å²) in [5.41, 5.74) is 15.6. The molecule has 0 saturated heterocycles. The molecule has 0 N–H and O–H groups in total. The van der Waals surface area contributed by atoms with Crippen molar-refractivity contribution in [3.63, 3.8) is 0 Å². The van der Waals surface area contributed by atoms with Gasteiger partial charge < -0.3 is 9.38 Å². The smallest absolute Gasteiger partial charge is 0.333 e. The molecular formula is C43H27BN2S. The van der Waals surface area contributed by atoms with E-state index in [9.17, 15) is 0 Å². The first-order valence-corrected chi connectivity index (χ1v) is 17.1. The van der Waals surface area contributed by atoms with Crippen LogP contribution in [0.2, 0.25) is 0 Å². The minimum absolute atomic E-state index is 0.0308. The highest BCUT2D eigenvalue weighted by atomic mass is 32.1. The Bertz CT molecular complexity index is 2760. The van der Waals surface area contributed by atoms with Crippen molar-refractivity contribution in [2.75, 3.05) is 4.81 Å². The van der Waals surface area contributed by atoms with Crippen LogP contribution in [0.15, 0.2) is 146 Å². The second-order valence-corrected chi connectivity index (χ2v) is 14.1. The lowest BCUT2D eigenvalue weighted by Crippen LogP contribution is -2.60. The second kappa shape index (κ2) is 9.25. The highest BCUT2D eigenvalue weighted by Crippen LogP contribution is 2.48. The van der Waals surface area contributed by atoms with Gasteiger partial charge in [-0.25, -0.2) is 0 Å². The number of aromatic nitrogens is 1. The monoisotopic (exact) mass is 614 g/mol. The molecule has 4 heterocycles. The van der Waals surface area contributed by atoms with E-state index in [1.807, 2.05) is 11.3 Å². The second-order valence-electron chi connectivity index (χ2n) is 13.0. The number of fused-ring (bicyclic) bond motifs is 10. The van der Waals surface area contributed by atoms with Crippen LogP contribution in [-0.2, 0) is 0 Å². The number of benzene rings is 7. The van der Waals surface area contributed by atoms with Gasteiger partial charge in [0.05, 0.1) is 15.7 Å². The van der Waals surface area contributed by atoms with Gasteiger partial charge in [0.1, 0.15) is 0 Å². The first-order valence-electron chi connectivity index (χ1n) is 16.3. The van der Waals surface area contributed by atoms with Gasteiger partial charge in [-0.3, -0.25) is 0 Å². The summed E-state index contributed by atoms with van der Waals surface area (Å²) in [6.45, 7) is 2.29. The van der Waals surface area contributed by atoms with E-state index in [4.69, 9.17) is 0 Å². The molecule has 0 amide bonds. The molecule has 9 aromatic rings. The molecule has 0 bridgehead atoms. The van der Waals surface area contributed by atoms with Crippen LogP contribution in [0.5, 0.6) is 0 Å². The van der Waals surface area contributed by atoms with Gasteiger partial charge in [-0.15, -0.1) is 11.3 Å². The third kappa shape index (κ3) is 3.40. The van der Waals surface area contributed by atoms with Gasteiger partial charge in [0.15, 0.2) is 0 Å². The number of rotatable bonds is 2. The molecule has 0 aliphatic carbocycles. The van der Waals surface area contributed by atoms with Crippen LogP contribution >= 0.6 is 11.3 Å². The van der Waals surface area contributed by atoms with Gasteiger partial charge in [0.25, 0.3) is 0 Å². The van der Waals surface area contributed by atoms with Crippen molar-refractivity contribution in [3.8, 4) is 27.9 Å². The maximum atomic E-state index is 2.62. The molecule has 47 heavy (non-hydrogen) atoms. The molecule has 0 saturated carbocycles. The van der Waals surface area contributed by atoms with Crippen LogP contribution < -0.4 is 15.7 Å². The number of thiophene rings is 1. The summed E-state index contributed by atoms with van der Waals surface area (Å²) in [6.07, 6.45) is 0. The van der Waals surface area contributed by atoms with Crippen LogP contribution in [0.25, 0.3) is 69.9 Å². The Morgan fingerprint density at radius 3 is 2.13 bits per heavy atom. The molecule has 0 radical (unpaired) electrons. The Hall–Kier alpha value is -5.58. The normalized spacial score (nSPS) is 13.1. The fourth-order valence-electron chi connectivity index (χ4n) is 8.42. The molecular weight excluding hydrogens is 587 g/mol. The van der Waals surface area contributed by atoms with Gasteiger partial charge in [-0.1, -0.05) is 109 Å². The van der Waals surface area contributed by atoms with Crippen molar-refractivity contribution in [1.29, 1.82) is 0 Å². The van der Waals surface area contributed by atoms with E-state index in [0.29, 0.717) is 0 Å². The Morgan fingerprint density at radius 1 is 0.553 bits per heavy atom. The highest BCUT2D eigenvalue weighted by molar-refractivity contribution is 7.26. The Balaban J connectivity index is 1.27. The Labute approximate surface area is 276 Å². The zero-order valence-corrected chi connectivity index (χ0v) is 26.6. The van der Waals surface area contributed by atoms with Crippen molar-refractivity contribution >= 4 is 82.5 Å². The molecule has 0 fully saturated rings. The lowest BCUT2D eigenvalue weighted by atomic mass is 9.44. The number of hydrogen-bond donors (Lipinski definition) is 0. The lowest BCUT2D eigenvalue weighted by Gasteiger charge is -2.42. The molecule has 2 nitrogen and oxygen atoms in total. The third-order valence-corrected chi connectivity index (χ3v) is 11.6. The molecule has 0 spiro atoms. The fourth-order valence-corrected chi connectivity index (χ4v) is 9.63. The van der Waals surface area contributed by atoms with Gasteiger partial charge in [-0.2, -0.15) is 0 Å². The SMILES string of the molecule is Cc1cc2c3c(c1)-n1c4c(cccc4c4sc5ccccc5c41)B3N(c1ccc(-c3ccccc3)cc1)c1cc3ccccc3cc1-2. The summed E-state index contributed by atoms with van der Waals surface area (Å²) < 4.78 is 5.32. The zero-order chi connectivity index (χ0) is 30.8. The summed E-state index contributed by atoms with van der Waals surface area (Å²) in [5.74, 6) is 0. The largest absolute Gasteiger partial charge is 0.376 e. The Morgan fingerprint density at radius 2 is 1.28 bits per heavy atom. The predicted octanol–water partition coefficient (Wildman–Crippen LogP) is 10.4. The minimum atomic E-state index is 0.0308. The lowest BCUT2D eigenvalue weighted by molar-refractivity contribution is 1.18. The van der Waals surface area contributed by atoms with Gasteiger partial charge >= 0.3 is 6.85 Å². The first kappa shape index (κ1) is 25.6. The molecule has 2 aliphatic heterocycles. The van der Waals surface area contributed by atoms with E-state index < -0.39 is 0 Å². The van der Waals surface area contributed by atoms with Crippen molar-refractivity contribution in [3.05, 3.63) is 151 Å². The third-order valence-electron chi connectivity index (χ3n) is 10.4. The topological polar surface area (TPSA) is 8.17 Å². The number of para-hydroxylation sites is 1. The van der Waals surface area contributed by atoms with E-state index >= 15 is 0 Å². The van der Waals surface area contributed by atoms with Crippen LogP contribution in [-0.4, -0.2) is 11.4 Å². The molecule has 2 aromatic heterocycles. The quantitative estimate of drug-likeness (QED) is 0.176. The summed E-state index contributed by atoms with van der Waals surface area (Å²) in [7, 11) is 0. The van der Waals surface area contributed by atoms with Gasteiger partial charge in [0, 0.05) is 38.1 Å². The molecule has 218 valence electrons. The molecule has 0 atom stereocenters. The van der Waals surface area contributed by atoms with Crippen molar-refractivity contribution in [2.45, 2.75) is 6.92 Å².